The summed E-state index contributed by atoms with van der Waals surface area (Å²) in [6.07, 6.45) is 1.84. The van der Waals surface area contributed by atoms with Crippen molar-refractivity contribution >= 4 is 11.7 Å². The molecule has 2 bridgehead atoms. The molecule has 2 atom stereocenters. The van der Waals surface area contributed by atoms with Gasteiger partial charge in [-0.25, -0.2) is 4.79 Å². The first-order valence-electron chi connectivity index (χ1n) is 8.33. The Hall–Kier alpha value is -2.67. The molecule has 4 rings (SSSR count). The van der Waals surface area contributed by atoms with Crippen LogP contribution >= 0.6 is 0 Å². The molecule has 0 N–H and O–H groups in total. The van der Waals surface area contributed by atoms with Gasteiger partial charge in [-0.15, -0.1) is 0 Å². The van der Waals surface area contributed by atoms with E-state index in [9.17, 15) is 4.79 Å². The summed E-state index contributed by atoms with van der Waals surface area (Å²) in [6.45, 7) is 2.89. The van der Waals surface area contributed by atoms with Gasteiger partial charge in [-0.2, -0.15) is 10.2 Å². The van der Waals surface area contributed by atoms with Crippen LogP contribution < -0.4 is 0 Å². The van der Waals surface area contributed by atoms with Crippen LogP contribution in [0.1, 0.15) is 35.8 Å². The number of hydrogen-bond donors (Lipinski definition) is 0. The first-order chi connectivity index (χ1) is 12.1. The van der Waals surface area contributed by atoms with Crippen molar-refractivity contribution < 1.29 is 9.63 Å². The maximum atomic E-state index is 13.0. The fourth-order valence-corrected chi connectivity index (χ4v) is 3.65. The number of carbonyl (C=O) groups excluding carboxylic acids is 1. The summed E-state index contributed by atoms with van der Waals surface area (Å²) in [5, 5.41) is 5.90. The lowest BCUT2D eigenvalue weighted by atomic mass is 9.95. The Kier molecular flexibility index (Phi) is 3.80. The Balaban J connectivity index is 1.66. The van der Waals surface area contributed by atoms with Crippen LogP contribution in [-0.2, 0) is 18.5 Å². The molecule has 0 spiro atoms. The van der Waals surface area contributed by atoms with Gasteiger partial charge >= 0.3 is 6.03 Å². The molecule has 2 aliphatic rings. The van der Waals surface area contributed by atoms with Crippen LogP contribution in [0.3, 0.4) is 0 Å². The van der Waals surface area contributed by atoms with Gasteiger partial charge in [0.25, 0.3) is 0 Å². The van der Waals surface area contributed by atoms with Crippen LogP contribution in [0, 0.1) is 0 Å². The highest BCUT2D eigenvalue weighted by Crippen LogP contribution is 2.44. The lowest BCUT2D eigenvalue weighted by Crippen LogP contribution is -2.38. The molecule has 7 nitrogen and oxygen atoms in total. The molecule has 1 aromatic carbocycles. The van der Waals surface area contributed by atoms with Gasteiger partial charge in [0, 0.05) is 25.4 Å². The summed E-state index contributed by atoms with van der Waals surface area (Å²) >= 11 is 0. The number of amides is 2. The minimum atomic E-state index is -0.193. The monoisotopic (exact) mass is 339 g/mol. The quantitative estimate of drug-likeness (QED) is 0.804. The molecule has 0 saturated carbocycles. The number of hydrogen-bond acceptors (Lipinski definition) is 4. The number of hydroxylamine groups is 2. The van der Waals surface area contributed by atoms with Gasteiger partial charge in [0.1, 0.15) is 18.7 Å². The number of fused-ring (bicyclic) bond motifs is 4. The molecule has 3 heterocycles. The second-order valence-electron chi connectivity index (χ2n) is 6.41. The molecule has 130 valence electrons. The molecule has 0 aliphatic carbocycles. The Morgan fingerprint density at radius 1 is 1.36 bits per heavy atom. The number of rotatable bonds is 4. The van der Waals surface area contributed by atoms with E-state index in [1.54, 1.807) is 7.05 Å². The average molecular weight is 339 g/mol. The third kappa shape index (κ3) is 2.42. The molecule has 0 radical (unpaired) electrons. The zero-order valence-corrected chi connectivity index (χ0v) is 14.6. The number of aromatic nitrogens is 2. The normalized spacial score (nSPS) is 22.5. The second-order valence-corrected chi connectivity index (χ2v) is 6.41. The molecule has 1 saturated heterocycles. The summed E-state index contributed by atoms with van der Waals surface area (Å²) in [7, 11) is 3.65. The molecule has 0 unspecified atom stereocenters. The third-order valence-electron chi connectivity index (χ3n) is 4.99. The van der Waals surface area contributed by atoms with Gasteiger partial charge in [-0.3, -0.25) is 14.5 Å². The van der Waals surface area contributed by atoms with Gasteiger partial charge in [0.05, 0.1) is 18.4 Å². The molecule has 2 amide bonds. The van der Waals surface area contributed by atoms with Crippen molar-refractivity contribution in [3.05, 3.63) is 53.3 Å². The van der Waals surface area contributed by atoms with Crippen LogP contribution in [0.4, 0.5) is 4.79 Å². The average Bonchev–Trinajstić information content (AvgIpc) is 3.15. The zero-order chi connectivity index (χ0) is 17.6. The molecule has 1 fully saturated rings. The van der Waals surface area contributed by atoms with Crippen molar-refractivity contribution in [2.75, 3.05) is 13.6 Å². The van der Waals surface area contributed by atoms with Gasteiger partial charge in [-0.05, 0) is 12.5 Å². The van der Waals surface area contributed by atoms with Crippen molar-refractivity contribution in [3.8, 4) is 0 Å². The topological polar surface area (TPSA) is 63.0 Å². The minimum absolute atomic E-state index is 0.120. The molecule has 1 aromatic heterocycles. The van der Waals surface area contributed by atoms with E-state index < -0.39 is 0 Å². The maximum Gasteiger partial charge on any atom is 0.345 e. The van der Waals surface area contributed by atoms with Gasteiger partial charge < -0.3 is 4.90 Å². The predicted octanol–water partition coefficient (Wildman–Crippen LogP) is 2.48. The molecular weight excluding hydrogens is 318 g/mol. The van der Waals surface area contributed by atoms with Gasteiger partial charge in [-0.1, -0.05) is 30.3 Å². The second kappa shape index (κ2) is 6.00. The highest BCUT2D eigenvalue weighted by atomic mass is 16.7. The predicted molar refractivity (Wildman–Crippen MR) is 92.9 cm³/mol. The van der Waals surface area contributed by atoms with E-state index >= 15 is 0 Å². The van der Waals surface area contributed by atoms with Gasteiger partial charge in [0.2, 0.25) is 0 Å². The number of benzene rings is 1. The van der Waals surface area contributed by atoms with Crippen LogP contribution in [0.2, 0.25) is 0 Å². The van der Waals surface area contributed by atoms with E-state index in [1.807, 2.05) is 60.1 Å². The van der Waals surface area contributed by atoms with Crippen LogP contribution in [0.5, 0.6) is 0 Å². The zero-order valence-electron chi connectivity index (χ0n) is 14.6. The van der Waals surface area contributed by atoms with E-state index in [-0.39, 0.29) is 18.1 Å². The van der Waals surface area contributed by atoms with Crippen molar-refractivity contribution in [2.45, 2.75) is 25.6 Å². The van der Waals surface area contributed by atoms with Crippen molar-refractivity contribution in [1.29, 1.82) is 0 Å². The Morgan fingerprint density at radius 2 is 2.12 bits per heavy atom. The fourth-order valence-electron chi connectivity index (χ4n) is 3.65. The van der Waals surface area contributed by atoms with Crippen LogP contribution in [0.15, 0.2) is 41.5 Å². The summed E-state index contributed by atoms with van der Waals surface area (Å²) in [5.74, 6) is 0. The number of carbonyl (C=O) groups is 1. The lowest BCUT2D eigenvalue weighted by Gasteiger charge is -2.31. The van der Waals surface area contributed by atoms with E-state index in [0.29, 0.717) is 13.2 Å². The van der Waals surface area contributed by atoms with Crippen molar-refractivity contribution in [2.24, 2.45) is 12.0 Å². The van der Waals surface area contributed by atoms with Crippen molar-refractivity contribution in [1.82, 2.24) is 19.7 Å². The van der Waals surface area contributed by atoms with E-state index in [1.165, 1.54) is 5.06 Å². The highest BCUT2D eigenvalue weighted by Gasteiger charge is 2.51. The first-order valence-corrected chi connectivity index (χ1v) is 8.33. The van der Waals surface area contributed by atoms with Crippen molar-refractivity contribution in [3.63, 3.8) is 0 Å². The highest BCUT2D eigenvalue weighted by molar-refractivity contribution is 5.93. The standard InChI is InChI=1S/C18H21N5O2/c1-12(19-2)16-17-14(9-20-21(17)3)15-10-22(16)18(24)23(15)25-11-13-7-5-4-6-8-13/h4-9,15-16H,10-11H2,1-3H3/t15-,16+/m0/s1. The molecular formula is C18H21N5O2. The molecule has 7 heteroatoms. The Morgan fingerprint density at radius 3 is 2.84 bits per heavy atom. The summed E-state index contributed by atoms with van der Waals surface area (Å²) < 4.78 is 1.84. The van der Waals surface area contributed by atoms with E-state index in [0.717, 1.165) is 22.5 Å². The van der Waals surface area contributed by atoms with Crippen LogP contribution in [0.25, 0.3) is 0 Å². The minimum Gasteiger partial charge on any atom is -0.306 e. The summed E-state index contributed by atoms with van der Waals surface area (Å²) in [5.41, 5.74) is 3.96. The van der Waals surface area contributed by atoms with Crippen LogP contribution in [-0.4, -0.2) is 45.1 Å². The first kappa shape index (κ1) is 15.8. The number of urea groups is 1. The fraction of sp³-hybridized carbons (Fsp3) is 0.389. The Bertz CT molecular complexity index is 829. The lowest BCUT2D eigenvalue weighted by molar-refractivity contribution is -0.141. The maximum absolute atomic E-state index is 13.0. The number of aryl methyl sites for hydroxylation is 1. The van der Waals surface area contributed by atoms with E-state index in [4.69, 9.17) is 4.84 Å². The van der Waals surface area contributed by atoms with Gasteiger partial charge in [0.15, 0.2) is 0 Å². The molecule has 25 heavy (non-hydrogen) atoms. The molecule has 2 aliphatic heterocycles. The summed E-state index contributed by atoms with van der Waals surface area (Å²) in [6, 6.07) is 9.40. The Labute approximate surface area is 146 Å². The van der Waals surface area contributed by atoms with E-state index in [2.05, 4.69) is 10.1 Å². The summed E-state index contributed by atoms with van der Waals surface area (Å²) in [4.78, 5) is 25.0. The largest absolute Gasteiger partial charge is 0.345 e. The number of aliphatic imine (C=N–C) groups is 1. The smallest absolute Gasteiger partial charge is 0.306 e. The number of nitrogens with zero attached hydrogens (tertiary/aromatic N) is 5. The third-order valence-corrected chi connectivity index (χ3v) is 4.99. The molecule has 2 aromatic rings. The SMILES string of the molecule is CN=C(C)[C@@H]1c2c(cnn2C)[C@@H]2CN1C(=O)N2OCc1ccccc1.